The van der Waals surface area contributed by atoms with Gasteiger partial charge in [0.2, 0.25) is 5.91 Å². The average Bonchev–Trinajstić information content (AvgIpc) is 3.32. The predicted molar refractivity (Wildman–Crippen MR) is 106 cm³/mol. The van der Waals surface area contributed by atoms with Crippen LogP contribution in [-0.2, 0) is 17.6 Å². The summed E-state index contributed by atoms with van der Waals surface area (Å²) in [7, 11) is 0. The molecule has 1 aromatic carbocycles. The molecule has 0 aliphatic carbocycles. The molecular weight excluding hydrogens is 379 g/mol. The van der Waals surface area contributed by atoms with Crippen molar-refractivity contribution in [1.29, 1.82) is 0 Å². The van der Waals surface area contributed by atoms with Crippen LogP contribution < -0.4 is 0 Å². The monoisotopic (exact) mass is 404 g/mol. The van der Waals surface area contributed by atoms with Crippen molar-refractivity contribution in [3.05, 3.63) is 51.2 Å². The SMILES string of the molecule is CCCCC(=O)N1CCCC1c1nc(CCc2ccc(F)cc2)c(C(=O)O)s1. The van der Waals surface area contributed by atoms with Gasteiger partial charge in [-0.2, -0.15) is 0 Å². The molecule has 1 aromatic heterocycles. The van der Waals surface area contributed by atoms with Gasteiger partial charge in [-0.05, 0) is 49.8 Å². The highest BCUT2D eigenvalue weighted by Gasteiger charge is 2.33. The maximum atomic E-state index is 13.1. The van der Waals surface area contributed by atoms with Gasteiger partial charge >= 0.3 is 5.97 Å². The molecule has 1 fully saturated rings. The van der Waals surface area contributed by atoms with E-state index in [9.17, 15) is 19.1 Å². The second kappa shape index (κ2) is 9.28. The Morgan fingerprint density at radius 3 is 2.71 bits per heavy atom. The maximum absolute atomic E-state index is 13.1. The van der Waals surface area contributed by atoms with Crippen molar-refractivity contribution >= 4 is 23.2 Å². The summed E-state index contributed by atoms with van der Waals surface area (Å²) in [5.41, 5.74) is 1.48. The number of hydrogen-bond donors (Lipinski definition) is 1. The average molecular weight is 405 g/mol. The van der Waals surface area contributed by atoms with E-state index in [0.29, 0.717) is 36.5 Å². The summed E-state index contributed by atoms with van der Waals surface area (Å²) in [5, 5.41) is 10.3. The number of nitrogens with zero attached hydrogens (tertiary/aromatic N) is 2. The zero-order valence-corrected chi connectivity index (χ0v) is 16.8. The lowest BCUT2D eigenvalue weighted by Gasteiger charge is -2.23. The first-order valence-electron chi connectivity index (χ1n) is 9.76. The maximum Gasteiger partial charge on any atom is 0.347 e. The van der Waals surface area contributed by atoms with Gasteiger partial charge in [-0.1, -0.05) is 25.5 Å². The third-order valence-corrected chi connectivity index (χ3v) is 6.26. The van der Waals surface area contributed by atoms with E-state index in [1.165, 1.54) is 23.5 Å². The Morgan fingerprint density at radius 1 is 1.29 bits per heavy atom. The molecule has 5 nitrogen and oxygen atoms in total. The summed E-state index contributed by atoms with van der Waals surface area (Å²) in [4.78, 5) is 30.9. The lowest BCUT2D eigenvalue weighted by Crippen LogP contribution is -2.30. The van der Waals surface area contributed by atoms with Crippen molar-refractivity contribution < 1.29 is 19.1 Å². The van der Waals surface area contributed by atoms with Gasteiger partial charge in [-0.3, -0.25) is 4.79 Å². The van der Waals surface area contributed by atoms with Crippen LogP contribution in [0.15, 0.2) is 24.3 Å². The molecule has 0 bridgehead atoms. The molecule has 1 unspecified atom stereocenters. The van der Waals surface area contributed by atoms with E-state index in [0.717, 1.165) is 31.2 Å². The van der Waals surface area contributed by atoms with Crippen molar-refractivity contribution in [2.24, 2.45) is 0 Å². The summed E-state index contributed by atoms with van der Waals surface area (Å²) in [6, 6.07) is 6.09. The highest BCUT2D eigenvalue weighted by molar-refractivity contribution is 7.13. The molecule has 28 heavy (non-hydrogen) atoms. The molecule has 1 amide bonds. The molecule has 7 heteroatoms. The number of unbranched alkanes of at least 4 members (excludes halogenated alkanes) is 1. The summed E-state index contributed by atoms with van der Waals surface area (Å²) in [6.45, 7) is 2.77. The fraction of sp³-hybridized carbons (Fsp3) is 0.476. The van der Waals surface area contributed by atoms with Crippen LogP contribution in [0, 0.1) is 5.82 Å². The molecule has 2 heterocycles. The van der Waals surface area contributed by atoms with Gasteiger partial charge in [-0.25, -0.2) is 14.2 Å². The number of hydrogen-bond acceptors (Lipinski definition) is 4. The number of carbonyl (C=O) groups excluding carboxylic acids is 1. The van der Waals surface area contributed by atoms with Crippen LogP contribution in [0.5, 0.6) is 0 Å². The van der Waals surface area contributed by atoms with Gasteiger partial charge in [0.1, 0.15) is 15.7 Å². The molecule has 1 aliphatic heterocycles. The summed E-state index contributed by atoms with van der Waals surface area (Å²) in [6.07, 6.45) is 5.16. The van der Waals surface area contributed by atoms with Crippen LogP contribution in [0.1, 0.15) is 71.0 Å². The normalized spacial score (nSPS) is 16.5. The van der Waals surface area contributed by atoms with Gasteiger partial charge in [0, 0.05) is 13.0 Å². The third kappa shape index (κ3) is 4.76. The molecule has 0 spiro atoms. The minimum absolute atomic E-state index is 0.118. The number of likely N-dealkylation sites (tertiary alicyclic amines) is 1. The van der Waals surface area contributed by atoms with Crippen LogP contribution in [0.25, 0.3) is 0 Å². The number of aryl methyl sites for hydroxylation is 2. The van der Waals surface area contributed by atoms with E-state index in [1.54, 1.807) is 12.1 Å². The van der Waals surface area contributed by atoms with E-state index >= 15 is 0 Å². The van der Waals surface area contributed by atoms with E-state index < -0.39 is 5.97 Å². The summed E-state index contributed by atoms with van der Waals surface area (Å²) >= 11 is 1.18. The Bertz CT molecular complexity index is 835. The number of halogens is 1. The van der Waals surface area contributed by atoms with Crippen molar-refractivity contribution in [3.8, 4) is 0 Å². The molecule has 0 saturated carbocycles. The van der Waals surface area contributed by atoms with Crippen molar-refractivity contribution in [2.75, 3.05) is 6.54 Å². The Balaban J connectivity index is 1.76. The first-order valence-corrected chi connectivity index (χ1v) is 10.6. The lowest BCUT2D eigenvalue weighted by atomic mass is 10.1. The molecule has 0 radical (unpaired) electrons. The Labute approximate surface area is 168 Å². The van der Waals surface area contributed by atoms with Crippen LogP contribution in [-0.4, -0.2) is 33.4 Å². The van der Waals surface area contributed by atoms with Crippen molar-refractivity contribution in [2.45, 2.75) is 57.9 Å². The molecule has 1 N–H and O–H groups in total. The van der Waals surface area contributed by atoms with E-state index in [4.69, 9.17) is 0 Å². The molecule has 1 atom stereocenters. The number of aromatic carboxylic acids is 1. The van der Waals surface area contributed by atoms with Gasteiger partial charge in [0.15, 0.2) is 0 Å². The standard InChI is InChI=1S/C21H25FN2O3S/c1-2-3-6-18(25)24-13-4-5-17(24)20-23-16(19(28-20)21(26)27)12-9-14-7-10-15(22)11-8-14/h7-8,10-11,17H,2-6,9,12-13H2,1H3,(H,26,27). The van der Waals surface area contributed by atoms with Crippen LogP contribution in [0.4, 0.5) is 4.39 Å². The van der Waals surface area contributed by atoms with Gasteiger partial charge in [-0.15, -0.1) is 11.3 Å². The fourth-order valence-electron chi connectivity index (χ4n) is 3.56. The highest BCUT2D eigenvalue weighted by Crippen LogP contribution is 2.36. The van der Waals surface area contributed by atoms with Crippen molar-refractivity contribution in [3.63, 3.8) is 0 Å². The lowest BCUT2D eigenvalue weighted by molar-refractivity contribution is -0.132. The second-order valence-corrected chi connectivity index (χ2v) is 8.14. The van der Waals surface area contributed by atoms with E-state index in [-0.39, 0.29) is 22.6 Å². The minimum atomic E-state index is -0.986. The van der Waals surface area contributed by atoms with Gasteiger partial charge in [0.05, 0.1) is 11.7 Å². The number of rotatable bonds is 8. The quantitative estimate of drug-likeness (QED) is 0.697. The number of carboxylic acid groups (broad SMARTS) is 1. The smallest absolute Gasteiger partial charge is 0.347 e. The number of carbonyl (C=O) groups is 2. The molecule has 1 aliphatic rings. The van der Waals surface area contributed by atoms with Crippen LogP contribution in [0.3, 0.4) is 0 Å². The second-order valence-electron chi connectivity index (χ2n) is 7.11. The van der Waals surface area contributed by atoms with Crippen LogP contribution >= 0.6 is 11.3 Å². The minimum Gasteiger partial charge on any atom is -0.477 e. The number of benzene rings is 1. The Hall–Kier alpha value is -2.28. The zero-order valence-electron chi connectivity index (χ0n) is 16.0. The number of amides is 1. The fourth-order valence-corrected chi connectivity index (χ4v) is 4.66. The Morgan fingerprint density at radius 2 is 2.04 bits per heavy atom. The van der Waals surface area contributed by atoms with Gasteiger partial charge < -0.3 is 10.0 Å². The zero-order chi connectivity index (χ0) is 20.1. The number of aromatic nitrogens is 1. The molecular formula is C21H25FN2O3S. The third-order valence-electron chi connectivity index (χ3n) is 5.07. The van der Waals surface area contributed by atoms with Gasteiger partial charge in [0.25, 0.3) is 0 Å². The number of carboxylic acids is 1. The largest absolute Gasteiger partial charge is 0.477 e. The molecule has 1 saturated heterocycles. The molecule has 150 valence electrons. The van der Waals surface area contributed by atoms with E-state index in [1.807, 2.05) is 4.90 Å². The number of thiazole rings is 1. The highest BCUT2D eigenvalue weighted by atomic mass is 32.1. The predicted octanol–water partition coefficient (Wildman–Crippen LogP) is 4.62. The van der Waals surface area contributed by atoms with Crippen LogP contribution in [0.2, 0.25) is 0 Å². The van der Waals surface area contributed by atoms with Crippen molar-refractivity contribution in [1.82, 2.24) is 9.88 Å². The summed E-state index contributed by atoms with van der Waals surface area (Å²) < 4.78 is 13.1. The Kier molecular flexibility index (Phi) is 6.78. The molecule has 3 rings (SSSR count). The topological polar surface area (TPSA) is 70.5 Å². The summed E-state index contributed by atoms with van der Waals surface area (Å²) in [5.74, 6) is -1.15. The molecule has 2 aromatic rings. The first kappa shape index (κ1) is 20.5. The first-order chi connectivity index (χ1) is 13.5. The van der Waals surface area contributed by atoms with E-state index in [2.05, 4.69) is 11.9 Å².